The molecule has 0 aliphatic heterocycles. The first-order valence-electron chi connectivity index (χ1n) is 9.57. The van der Waals surface area contributed by atoms with Gasteiger partial charge in [0.1, 0.15) is 5.69 Å². The molecule has 160 valence electrons. The first-order valence-corrected chi connectivity index (χ1v) is 10.7. The van der Waals surface area contributed by atoms with Crippen molar-refractivity contribution in [3.63, 3.8) is 0 Å². The summed E-state index contributed by atoms with van der Waals surface area (Å²) < 4.78 is 1.54. The highest BCUT2D eigenvalue weighted by atomic mass is 35.5. The Bertz CT molecular complexity index is 1320. The van der Waals surface area contributed by atoms with Crippen LogP contribution in [0.15, 0.2) is 72.8 Å². The first kappa shape index (κ1) is 22.1. The zero-order valence-electron chi connectivity index (χ0n) is 16.8. The van der Waals surface area contributed by atoms with Crippen molar-refractivity contribution in [1.29, 1.82) is 0 Å². The van der Waals surface area contributed by atoms with Gasteiger partial charge in [0.15, 0.2) is 0 Å². The molecule has 0 fully saturated rings. The number of aromatic nitrogens is 2. The van der Waals surface area contributed by atoms with Crippen LogP contribution in [0.4, 0.5) is 5.69 Å². The van der Waals surface area contributed by atoms with E-state index in [0.717, 1.165) is 5.56 Å². The second-order valence-corrected chi connectivity index (χ2v) is 8.27. The van der Waals surface area contributed by atoms with E-state index in [1.807, 2.05) is 18.2 Å². The predicted octanol–water partition coefficient (Wildman–Crippen LogP) is 6.63. The van der Waals surface area contributed by atoms with Crippen LogP contribution in [-0.2, 0) is 4.79 Å². The molecule has 0 saturated carbocycles. The molecule has 1 aromatic heterocycles. The molecule has 0 bridgehead atoms. The second-order valence-electron chi connectivity index (χ2n) is 6.99. The maximum Gasteiger partial charge on any atom is 0.298 e. The Kier molecular flexibility index (Phi) is 6.33. The van der Waals surface area contributed by atoms with Gasteiger partial charge in [-0.3, -0.25) is 9.59 Å². The standard InChI is InChI=1S/C24H16Cl3N3O2/c1-14-21(23(31)24(32)28-18-5-3-2-4-6-18)29-30(20-12-11-17(26)13-19(20)27)22(14)15-7-9-16(25)10-8-15/h2-13H,1H3,(H,28,32). The number of carbonyl (C=O) groups is 2. The Morgan fingerprint density at radius 2 is 1.53 bits per heavy atom. The van der Waals surface area contributed by atoms with Gasteiger partial charge < -0.3 is 5.32 Å². The number of nitrogens with one attached hydrogen (secondary N) is 1. The highest BCUT2D eigenvalue weighted by Gasteiger charge is 2.27. The van der Waals surface area contributed by atoms with E-state index >= 15 is 0 Å². The fourth-order valence-electron chi connectivity index (χ4n) is 3.30. The number of halogens is 3. The van der Waals surface area contributed by atoms with Gasteiger partial charge in [-0.05, 0) is 49.4 Å². The van der Waals surface area contributed by atoms with Crippen molar-refractivity contribution >= 4 is 52.2 Å². The van der Waals surface area contributed by atoms with E-state index in [0.29, 0.717) is 37.7 Å². The predicted molar refractivity (Wildman–Crippen MR) is 128 cm³/mol. The molecule has 0 radical (unpaired) electrons. The summed E-state index contributed by atoms with van der Waals surface area (Å²) in [4.78, 5) is 25.7. The van der Waals surface area contributed by atoms with Crippen LogP contribution in [0, 0.1) is 6.92 Å². The minimum atomic E-state index is -0.784. The summed E-state index contributed by atoms with van der Waals surface area (Å²) in [6.45, 7) is 1.74. The smallest absolute Gasteiger partial charge is 0.298 e. The Labute approximate surface area is 199 Å². The summed E-state index contributed by atoms with van der Waals surface area (Å²) in [7, 11) is 0. The number of rotatable bonds is 5. The summed E-state index contributed by atoms with van der Waals surface area (Å²) >= 11 is 18.5. The molecule has 0 unspecified atom stereocenters. The Hall–Kier alpha value is -3.12. The van der Waals surface area contributed by atoms with Crippen molar-refractivity contribution in [3.05, 3.63) is 99.1 Å². The molecule has 8 heteroatoms. The molecule has 1 N–H and O–H groups in total. The second kappa shape index (κ2) is 9.17. The highest BCUT2D eigenvalue weighted by Crippen LogP contribution is 2.33. The molecule has 4 aromatic rings. The van der Waals surface area contributed by atoms with Crippen LogP contribution in [-0.4, -0.2) is 21.5 Å². The van der Waals surface area contributed by atoms with E-state index in [9.17, 15) is 9.59 Å². The van der Waals surface area contributed by atoms with Gasteiger partial charge in [0.05, 0.1) is 16.4 Å². The number of hydrogen-bond acceptors (Lipinski definition) is 3. The van der Waals surface area contributed by atoms with Crippen LogP contribution < -0.4 is 5.32 Å². The van der Waals surface area contributed by atoms with Crippen molar-refractivity contribution in [2.45, 2.75) is 6.92 Å². The number of Topliss-reactive ketones (excluding diaryl/α,β-unsaturated/α-hetero) is 1. The van der Waals surface area contributed by atoms with E-state index in [1.165, 1.54) is 0 Å². The van der Waals surface area contributed by atoms with Gasteiger partial charge in [-0.15, -0.1) is 0 Å². The van der Waals surface area contributed by atoms with Gasteiger partial charge in [0.2, 0.25) is 0 Å². The average Bonchev–Trinajstić information content (AvgIpc) is 3.11. The van der Waals surface area contributed by atoms with Crippen molar-refractivity contribution < 1.29 is 9.59 Å². The fourth-order valence-corrected chi connectivity index (χ4v) is 3.92. The molecule has 0 saturated heterocycles. The third kappa shape index (κ3) is 4.41. The Balaban J connectivity index is 1.83. The van der Waals surface area contributed by atoms with Crippen molar-refractivity contribution in [2.24, 2.45) is 0 Å². The molecule has 32 heavy (non-hydrogen) atoms. The summed E-state index contributed by atoms with van der Waals surface area (Å²) in [5, 5.41) is 8.47. The number of carbonyl (C=O) groups excluding carboxylic acids is 2. The topological polar surface area (TPSA) is 64.0 Å². The lowest BCUT2D eigenvalue weighted by Gasteiger charge is -2.11. The summed E-state index contributed by atoms with van der Waals surface area (Å²) in [6, 6.07) is 20.8. The minimum Gasteiger partial charge on any atom is -0.319 e. The van der Waals surface area contributed by atoms with Crippen molar-refractivity contribution in [1.82, 2.24) is 9.78 Å². The molecule has 5 nitrogen and oxygen atoms in total. The molecule has 3 aromatic carbocycles. The van der Waals surface area contributed by atoms with E-state index in [-0.39, 0.29) is 5.69 Å². The molecule has 4 rings (SSSR count). The van der Waals surface area contributed by atoms with Crippen LogP contribution in [0.3, 0.4) is 0 Å². The quantitative estimate of drug-likeness (QED) is 0.255. The number of anilines is 1. The Morgan fingerprint density at radius 1 is 0.875 bits per heavy atom. The zero-order chi connectivity index (χ0) is 22.8. The third-order valence-corrected chi connectivity index (χ3v) is 5.62. The van der Waals surface area contributed by atoms with E-state index in [4.69, 9.17) is 34.8 Å². The zero-order valence-corrected chi connectivity index (χ0v) is 19.0. The number of amides is 1. The van der Waals surface area contributed by atoms with E-state index in [2.05, 4.69) is 10.4 Å². The average molecular weight is 485 g/mol. The van der Waals surface area contributed by atoms with Crippen molar-refractivity contribution in [2.75, 3.05) is 5.32 Å². The highest BCUT2D eigenvalue weighted by molar-refractivity contribution is 6.46. The summed E-state index contributed by atoms with van der Waals surface area (Å²) in [5.41, 5.74) is 2.96. The largest absolute Gasteiger partial charge is 0.319 e. The van der Waals surface area contributed by atoms with E-state index < -0.39 is 11.7 Å². The lowest BCUT2D eigenvalue weighted by Crippen LogP contribution is -2.24. The number of nitrogens with zero attached hydrogens (tertiary/aromatic N) is 2. The van der Waals surface area contributed by atoms with Gasteiger partial charge in [-0.25, -0.2) is 4.68 Å². The summed E-state index contributed by atoms with van der Waals surface area (Å²) in [5.74, 6) is -1.54. The van der Waals surface area contributed by atoms with Crippen LogP contribution >= 0.6 is 34.8 Å². The first-order chi connectivity index (χ1) is 15.3. The number of para-hydroxylation sites is 1. The van der Waals surface area contributed by atoms with Crippen molar-refractivity contribution in [3.8, 4) is 16.9 Å². The van der Waals surface area contributed by atoms with E-state index in [1.54, 1.807) is 66.2 Å². The maximum absolute atomic E-state index is 13.0. The molecular formula is C24H16Cl3N3O2. The van der Waals surface area contributed by atoms with Crippen LogP contribution in [0.1, 0.15) is 16.1 Å². The third-order valence-electron chi connectivity index (χ3n) is 4.83. The molecule has 0 aliphatic rings. The van der Waals surface area contributed by atoms with Crippen LogP contribution in [0.2, 0.25) is 15.1 Å². The monoisotopic (exact) mass is 483 g/mol. The molecule has 0 spiro atoms. The van der Waals surface area contributed by atoms with Gasteiger partial charge >= 0.3 is 0 Å². The molecular weight excluding hydrogens is 469 g/mol. The maximum atomic E-state index is 13.0. The van der Waals surface area contributed by atoms with Gasteiger partial charge in [0, 0.05) is 26.9 Å². The van der Waals surface area contributed by atoms with Gasteiger partial charge in [-0.1, -0.05) is 65.1 Å². The molecule has 0 aliphatic carbocycles. The van der Waals surface area contributed by atoms with Crippen LogP contribution in [0.25, 0.3) is 16.9 Å². The SMILES string of the molecule is Cc1c(C(=O)C(=O)Nc2ccccc2)nn(-c2ccc(Cl)cc2Cl)c1-c1ccc(Cl)cc1. The lowest BCUT2D eigenvalue weighted by atomic mass is 10.0. The summed E-state index contributed by atoms with van der Waals surface area (Å²) in [6.07, 6.45) is 0. The Morgan fingerprint density at radius 3 is 2.19 bits per heavy atom. The van der Waals surface area contributed by atoms with Gasteiger partial charge in [0.25, 0.3) is 11.7 Å². The number of ketones is 1. The van der Waals surface area contributed by atoms with Crippen LogP contribution in [0.5, 0.6) is 0 Å². The lowest BCUT2D eigenvalue weighted by molar-refractivity contribution is -0.112. The molecule has 1 heterocycles. The minimum absolute atomic E-state index is 0.0226. The van der Waals surface area contributed by atoms with Gasteiger partial charge in [-0.2, -0.15) is 5.10 Å². The number of hydrogen-bond donors (Lipinski definition) is 1. The molecule has 1 amide bonds. The molecule has 0 atom stereocenters. The normalized spacial score (nSPS) is 10.8. The number of benzene rings is 3. The fraction of sp³-hybridized carbons (Fsp3) is 0.0417.